The van der Waals surface area contributed by atoms with Gasteiger partial charge in [-0.2, -0.15) is 5.10 Å². The van der Waals surface area contributed by atoms with Crippen molar-refractivity contribution in [2.45, 2.75) is 42.7 Å². The Balaban J connectivity index is 2.14. The van der Waals surface area contributed by atoms with E-state index in [0.29, 0.717) is 12.0 Å². The molecular weight excluding hydrogens is 354 g/mol. The maximum Gasteiger partial charge on any atom is 0.257 e. The second kappa shape index (κ2) is 7.02. The highest BCUT2D eigenvalue weighted by Crippen LogP contribution is 2.44. The van der Waals surface area contributed by atoms with E-state index in [0.717, 1.165) is 42.7 Å². The third-order valence-electron chi connectivity index (χ3n) is 5.15. The highest BCUT2D eigenvalue weighted by atomic mass is 32.2. The van der Waals surface area contributed by atoms with Crippen molar-refractivity contribution >= 4 is 10.0 Å². The lowest BCUT2D eigenvalue weighted by Crippen LogP contribution is -2.29. The van der Waals surface area contributed by atoms with Crippen molar-refractivity contribution < 1.29 is 17.9 Å². The Morgan fingerprint density at radius 3 is 2.31 bits per heavy atom. The van der Waals surface area contributed by atoms with Crippen LogP contribution in [0.15, 0.2) is 29.3 Å². The van der Waals surface area contributed by atoms with Gasteiger partial charge in [0.1, 0.15) is 11.4 Å². The highest BCUT2D eigenvalue weighted by Gasteiger charge is 2.42. The van der Waals surface area contributed by atoms with Crippen molar-refractivity contribution in [3.8, 4) is 5.75 Å². The third kappa shape index (κ3) is 3.36. The van der Waals surface area contributed by atoms with Gasteiger partial charge in [-0.1, -0.05) is 25.0 Å². The normalized spacial score (nSPS) is 16.8. The number of hydrogen-bond donors (Lipinski definition) is 1. The predicted octanol–water partition coefficient (Wildman–Crippen LogP) is 2.08. The lowest BCUT2D eigenvalue weighted by molar-refractivity contribution is -0.0160. The van der Waals surface area contributed by atoms with Gasteiger partial charge in [-0.05, 0) is 30.5 Å². The van der Waals surface area contributed by atoms with E-state index >= 15 is 0 Å². The molecular formula is C18H25N3O4S. The number of ether oxygens (including phenoxy) is 2. The Hall–Kier alpha value is -1.90. The van der Waals surface area contributed by atoms with Crippen LogP contribution < -0.4 is 9.88 Å². The Kier molecular flexibility index (Phi) is 5.09. The smallest absolute Gasteiger partial charge is 0.257 e. The Labute approximate surface area is 154 Å². The largest absolute Gasteiger partial charge is 0.497 e. The van der Waals surface area contributed by atoms with Crippen LogP contribution in [-0.4, -0.2) is 32.4 Å². The lowest BCUT2D eigenvalue weighted by atomic mass is 9.91. The van der Waals surface area contributed by atoms with E-state index in [2.05, 4.69) is 5.10 Å². The highest BCUT2D eigenvalue weighted by molar-refractivity contribution is 7.89. The van der Waals surface area contributed by atoms with Gasteiger partial charge < -0.3 is 9.47 Å². The molecule has 1 fully saturated rings. The van der Waals surface area contributed by atoms with E-state index in [1.165, 1.54) is 0 Å². The molecule has 0 aliphatic heterocycles. The number of aryl methyl sites for hydroxylation is 1. The van der Waals surface area contributed by atoms with Crippen LogP contribution in [0.5, 0.6) is 5.75 Å². The Morgan fingerprint density at radius 2 is 1.81 bits per heavy atom. The van der Waals surface area contributed by atoms with Gasteiger partial charge in [0.25, 0.3) is 10.0 Å². The van der Waals surface area contributed by atoms with Gasteiger partial charge in [-0.3, -0.25) is 4.68 Å². The molecule has 0 atom stereocenters. The lowest BCUT2D eigenvalue weighted by Gasteiger charge is -2.29. The van der Waals surface area contributed by atoms with E-state index in [9.17, 15) is 8.42 Å². The summed E-state index contributed by atoms with van der Waals surface area (Å²) in [5.41, 5.74) is 1.85. The van der Waals surface area contributed by atoms with Crippen molar-refractivity contribution in [1.29, 1.82) is 0 Å². The van der Waals surface area contributed by atoms with Crippen LogP contribution >= 0.6 is 0 Å². The van der Waals surface area contributed by atoms with E-state index in [1.54, 1.807) is 25.9 Å². The van der Waals surface area contributed by atoms with Gasteiger partial charge in [0.2, 0.25) is 0 Å². The Bertz CT molecular complexity index is 882. The molecule has 1 aliphatic carbocycles. The number of rotatable bonds is 6. The zero-order chi connectivity index (χ0) is 18.9. The van der Waals surface area contributed by atoms with Gasteiger partial charge in [-0.15, -0.1) is 0 Å². The molecule has 0 saturated heterocycles. The molecule has 1 aromatic carbocycles. The molecule has 142 valence electrons. The predicted molar refractivity (Wildman–Crippen MR) is 97.5 cm³/mol. The minimum absolute atomic E-state index is 0.0749. The summed E-state index contributed by atoms with van der Waals surface area (Å²) in [5.74, 6) is 0.746. The quantitative estimate of drug-likeness (QED) is 0.829. The molecule has 1 saturated carbocycles. The summed E-state index contributed by atoms with van der Waals surface area (Å²) < 4.78 is 37.0. The van der Waals surface area contributed by atoms with E-state index in [4.69, 9.17) is 14.6 Å². The van der Waals surface area contributed by atoms with Crippen molar-refractivity contribution in [2.24, 2.45) is 12.2 Å². The minimum atomic E-state index is -3.94. The minimum Gasteiger partial charge on any atom is -0.497 e. The van der Waals surface area contributed by atoms with Gasteiger partial charge in [0.15, 0.2) is 5.03 Å². The summed E-state index contributed by atoms with van der Waals surface area (Å²) in [7, 11) is 1.09. The van der Waals surface area contributed by atoms with E-state index in [1.807, 2.05) is 24.3 Å². The van der Waals surface area contributed by atoms with Crippen molar-refractivity contribution in [2.75, 3.05) is 14.2 Å². The molecule has 0 radical (unpaired) electrons. The molecule has 3 rings (SSSR count). The van der Waals surface area contributed by atoms with Crippen LogP contribution in [0.25, 0.3) is 0 Å². The molecule has 2 aromatic rings. The molecule has 1 heterocycles. The van der Waals surface area contributed by atoms with Crippen molar-refractivity contribution in [3.05, 3.63) is 41.1 Å². The Morgan fingerprint density at radius 1 is 1.19 bits per heavy atom. The number of sulfonamides is 1. The average molecular weight is 379 g/mol. The molecule has 26 heavy (non-hydrogen) atoms. The first-order valence-electron chi connectivity index (χ1n) is 8.58. The summed E-state index contributed by atoms with van der Waals surface area (Å²) in [4.78, 5) is 0. The maximum absolute atomic E-state index is 12.2. The van der Waals surface area contributed by atoms with Crippen LogP contribution in [0, 0.1) is 0 Å². The molecule has 8 heteroatoms. The number of aromatic nitrogens is 2. The molecule has 0 unspecified atom stereocenters. The fraction of sp³-hybridized carbons (Fsp3) is 0.500. The number of nitrogens with zero attached hydrogens (tertiary/aromatic N) is 2. The topological polar surface area (TPSA) is 96.4 Å². The summed E-state index contributed by atoms with van der Waals surface area (Å²) in [6.07, 6.45) is 4.15. The van der Waals surface area contributed by atoms with E-state index in [-0.39, 0.29) is 5.03 Å². The molecule has 2 N–H and O–H groups in total. The summed E-state index contributed by atoms with van der Waals surface area (Å²) in [6, 6.07) is 7.53. The summed E-state index contributed by atoms with van der Waals surface area (Å²) >= 11 is 0. The van der Waals surface area contributed by atoms with Gasteiger partial charge in [-0.25, -0.2) is 13.6 Å². The van der Waals surface area contributed by atoms with Crippen LogP contribution in [0.1, 0.15) is 42.5 Å². The zero-order valence-electron chi connectivity index (χ0n) is 15.4. The molecule has 0 amide bonds. The standard InChI is InChI=1S/C18H25N3O4S/c1-21-16(18(25-3)10-4-5-11-18)15(17(20-21)26(19,22)23)12-13-6-8-14(24-2)9-7-13/h6-9H,4-5,10-12H2,1-3H3,(H2,19,22,23). The average Bonchev–Trinajstić information content (AvgIpc) is 3.20. The number of methoxy groups -OCH3 is 2. The fourth-order valence-corrected chi connectivity index (χ4v) is 4.68. The van der Waals surface area contributed by atoms with Crippen molar-refractivity contribution in [1.82, 2.24) is 9.78 Å². The van der Waals surface area contributed by atoms with Gasteiger partial charge in [0, 0.05) is 26.1 Å². The second-order valence-electron chi connectivity index (χ2n) is 6.73. The summed E-state index contributed by atoms with van der Waals surface area (Å²) in [6.45, 7) is 0. The monoisotopic (exact) mass is 379 g/mol. The van der Waals surface area contributed by atoms with Crippen LogP contribution in [0.4, 0.5) is 0 Å². The second-order valence-corrected chi connectivity index (χ2v) is 8.21. The number of benzene rings is 1. The van der Waals surface area contributed by atoms with Crippen LogP contribution in [-0.2, 0) is 33.8 Å². The third-order valence-corrected chi connectivity index (χ3v) is 6.02. The number of hydrogen-bond acceptors (Lipinski definition) is 5. The van der Waals surface area contributed by atoms with E-state index < -0.39 is 15.6 Å². The molecule has 7 nitrogen and oxygen atoms in total. The first-order valence-corrected chi connectivity index (χ1v) is 10.1. The summed E-state index contributed by atoms with van der Waals surface area (Å²) in [5, 5.41) is 9.63. The SMILES string of the molecule is COc1ccc(Cc2c(S(N)(=O)=O)nn(C)c2C2(OC)CCCC2)cc1. The zero-order valence-corrected chi connectivity index (χ0v) is 16.2. The molecule has 0 spiro atoms. The van der Waals surface area contributed by atoms with Crippen molar-refractivity contribution in [3.63, 3.8) is 0 Å². The first-order chi connectivity index (χ1) is 12.3. The van der Waals surface area contributed by atoms with Crippen LogP contribution in [0.2, 0.25) is 0 Å². The molecule has 0 bridgehead atoms. The maximum atomic E-state index is 12.2. The molecule has 1 aromatic heterocycles. The van der Waals surface area contributed by atoms with Gasteiger partial charge >= 0.3 is 0 Å². The first kappa shape index (κ1) is 18.9. The fourth-order valence-electron chi connectivity index (χ4n) is 3.93. The number of primary sulfonamides is 1. The molecule has 1 aliphatic rings. The number of nitrogens with two attached hydrogens (primary N) is 1. The van der Waals surface area contributed by atoms with Crippen LogP contribution in [0.3, 0.4) is 0 Å². The van der Waals surface area contributed by atoms with Gasteiger partial charge in [0.05, 0.1) is 12.8 Å².